The summed E-state index contributed by atoms with van der Waals surface area (Å²) in [6.45, 7) is 8.86. The molecule has 0 aliphatic heterocycles. The van der Waals surface area contributed by atoms with Gasteiger partial charge in [0.25, 0.3) is 0 Å². The first kappa shape index (κ1) is 16.3. The Balaban J connectivity index is 2.78. The Morgan fingerprint density at radius 1 is 1.32 bits per heavy atom. The minimum absolute atomic E-state index is 0.631. The second-order valence-corrected chi connectivity index (χ2v) is 5.70. The fourth-order valence-corrected chi connectivity index (χ4v) is 2.27. The molecular weight excluding hydrogens is 306 g/mol. The fourth-order valence-electron chi connectivity index (χ4n) is 1.81. The maximum absolute atomic E-state index is 5.72. The highest BCUT2D eigenvalue weighted by molar-refractivity contribution is 9.10. The first-order valence-corrected chi connectivity index (χ1v) is 7.58. The molecule has 0 bridgehead atoms. The van der Waals surface area contributed by atoms with Crippen molar-refractivity contribution in [2.75, 3.05) is 20.3 Å². The molecule has 0 amide bonds. The Bertz CT molecular complexity index is 394. The molecule has 108 valence electrons. The number of benzene rings is 1. The van der Waals surface area contributed by atoms with Gasteiger partial charge in [0, 0.05) is 16.6 Å². The summed E-state index contributed by atoms with van der Waals surface area (Å²) in [5.41, 5.74) is 1.12. The van der Waals surface area contributed by atoms with Gasteiger partial charge in [0.1, 0.15) is 0 Å². The number of nitrogens with one attached hydrogen (secondary N) is 1. The molecule has 3 nitrogen and oxygen atoms in total. The summed E-state index contributed by atoms with van der Waals surface area (Å²) in [5, 5.41) is 3.46. The molecule has 0 atom stereocenters. The summed E-state index contributed by atoms with van der Waals surface area (Å²) >= 11 is 3.59. The van der Waals surface area contributed by atoms with E-state index >= 15 is 0 Å². The molecule has 0 spiro atoms. The van der Waals surface area contributed by atoms with E-state index in [9.17, 15) is 0 Å². The lowest BCUT2D eigenvalue weighted by Crippen LogP contribution is -2.17. The number of methoxy groups -OCH3 is 1. The van der Waals surface area contributed by atoms with Gasteiger partial charge in [-0.2, -0.15) is 0 Å². The Morgan fingerprint density at radius 2 is 2.05 bits per heavy atom. The van der Waals surface area contributed by atoms with Crippen molar-refractivity contribution >= 4 is 15.9 Å². The van der Waals surface area contributed by atoms with E-state index < -0.39 is 0 Å². The van der Waals surface area contributed by atoms with Crippen molar-refractivity contribution in [3.63, 3.8) is 0 Å². The van der Waals surface area contributed by atoms with Crippen molar-refractivity contribution in [1.29, 1.82) is 0 Å². The van der Waals surface area contributed by atoms with E-state index in [-0.39, 0.29) is 0 Å². The van der Waals surface area contributed by atoms with Crippen LogP contribution < -0.4 is 14.8 Å². The molecule has 0 radical (unpaired) electrons. The molecule has 1 aromatic carbocycles. The van der Waals surface area contributed by atoms with Crippen molar-refractivity contribution in [3.8, 4) is 11.5 Å². The van der Waals surface area contributed by atoms with Gasteiger partial charge in [0.05, 0.1) is 13.7 Å². The van der Waals surface area contributed by atoms with E-state index in [1.54, 1.807) is 7.11 Å². The van der Waals surface area contributed by atoms with Crippen LogP contribution >= 0.6 is 15.9 Å². The van der Waals surface area contributed by atoms with Gasteiger partial charge in [-0.05, 0) is 37.9 Å². The molecule has 1 rings (SSSR count). The second-order valence-electron chi connectivity index (χ2n) is 4.85. The lowest BCUT2D eigenvalue weighted by atomic mass is 10.1. The molecule has 0 aliphatic carbocycles. The number of hydrogen-bond donors (Lipinski definition) is 1. The Kier molecular flexibility index (Phi) is 7.24. The summed E-state index contributed by atoms with van der Waals surface area (Å²) in [6, 6.07) is 3.92. The molecule has 19 heavy (non-hydrogen) atoms. The number of halogens is 1. The number of ether oxygens (including phenoxy) is 2. The van der Waals surface area contributed by atoms with Crippen molar-refractivity contribution in [2.24, 2.45) is 5.92 Å². The minimum Gasteiger partial charge on any atom is -0.493 e. The lowest BCUT2D eigenvalue weighted by Gasteiger charge is -2.16. The Hall–Kier alpha value is -0.740. The Morgan fingerprint density at radius 3 is 2.63 bits per heavy atom. The fraction of sp³-hybridized carbons (Fsp3) is 0.600. The van der Waals surface area contributed by atoms with E-state index in [1.165, 1.54) is 6.42 Å². The highest BCUT2D eigenvalue weighted by Gasteiger charge is 2.13. The summed E-state index contributed by atoms with van der Waals surface area (Å²) in [6.07, 6.45) is 1.17. The first-order valence-electron chi connectivity index (χ1n) is 6.79. The van der Waals surface area contributed by atoms with Crippen LogP contribution in [0, 0.1) is 5.92 Å². The third-order valence-corrected chi connectivity index (χ3v) is 3.62. The normalized spacial score (nSPS) is 10.8. The molecule has 4 heteroatoms. The van der Waals surface area contributed by atoms with Gasteiger partial charge >= 0.3 is 0 Å². The Labute approximate surface area is 124 Å². The molecule has 0 saturated carbocycles. The van der Waals surface area contributed by atoms with Gasteiger partial charge in [-0.15, -0.1) is 0 Å². The number of hydrogen-bond acceptors (Lipinski definition) is 3. The van der Waals surface area contributed by atoms with E-state index in [0.717, 1.165) is 34.6 Å². The maximum Gasteiger partial charge on any atom is 0.166 e. The van der Waals surface area contributed by atoms with Crippen LogP contribution in [-0.2, 0) is 6.54 Å². The summed E-state index contributed by atoms with van der Waals surface area (Å²) < 4.78 is 12.1. The highest BCUT2D eigenvalue weighted by Crippen LogP contribution is 2.36. The van der Waals surface area contributed by atoms with Crippen molar-refractivity contribution in [1.82, 2.24) is 5.32 Å². The largest absolute Gasteiger partial charge is 0.493 e. The van der Waals surface area contributed by atoms with E-state index in [4.69, 9.17) is 9.47 Å². The highest BCUT2D eigenvalue weighted by atomic mass is 79.9. The summed E-state index contributed by atoms with van der Waals surface area (Å²) in [4.78, 5) is 0. The van der Waals surface area contributed by atoms with Crippen molar-refractivity contribution < 1.29 is 9.47 Å². The predicted octanol–water partition coefficient (Wildman–Crippen LogP) is 3.99. The van der Waals surface area contributed by atoms with Crippen LogP contribution in [0.25, 0.3) is 0 Å². The van der Waals surface area contributed by atoms with Crippen LogP contribution in [0.15, 0.2) is 16.6 Å². The van der Waals surface area contributed by atoms with Crippen LogP contribution in [0.4, 0.5) is 0 Å². The van der Waals surface area contributed by atoms with Crippen molar-refractivity contribution in [2.45, 2.75) is 33.7 Å². The van der Waals surface area contributed by atoms with Gasteiger partial charge in [-0.3, -0.25) is 0 Å². The van der Waals surface area contributed by atoms with Crippen LogP contribution in [0.1, 0.15) is 32.8 Å². The smallest absolute Gasteiger partial charge is 0.166 e. The molecule has 1 N–H and O–H groups in total. The first-order chi connectivity index (χ1) is 9.10. The quantitative estimate of drug-likeness (QED) is 0.731. The molecule has 0 aromatic heterocycles. The molecule has 0 unspecified atom stereocenters. The lowest BCUT2D eigenvalue weighted by molar-refractivity contribution is 0.306. The molecule has 0 saturated heterocycles. The van der Waals surface area contributed by atoms with Crippen LogP contribution in [0.5, 0.6) is 11.5 Å². The zero-order valence-electron chi connectivity index (χ0n) is 12.3. The van der Waals surface area contributed by atoms with Crippen LogP contribution in [0.3, 0.4) is 0 Å². The van der Waals surface area contributed by atoms with Crippen LogP contribution in [-0.4, -0.2) is 20.3 Å². The van der Waals surface area contributed by atoms with E-state index in [1.807, 2.05) is 19.1 Å². The number of rotatable bonds is 8. The van der Waals surface area contributed by atoms with Gasteiger partial charge < -0.3 is 14.8 Å². The van der Waals surface area contributed by atoms with Gasteiger partial charge in [0.2, 0.25) is 0 Å². The predicted molar refractivity (Wildman–Crippen MR) is 83.0 cm³/mol. The standard InChI is InChI=1S/C15H24BrNO2/c1-5-19-15-12(10-17-9-8-11(2)3)13(16)6-7-14(15)18-4/h6-7,11,17H,5,8-10H2,1-4H3. The monoisotopic (exact) mass is 329 g/mol. The average molecular weight is 330 g/mol. The minimum atomic E-state index is 0.631. The topological polar surface area (TPSA) is 30.5 Å². The maximum atomic E-state index is 5.72. The van der Waals surface area contributed by atoms with E-state index in [0.29, 0.717) is 12.5 Å². The van der Waals surface area contributed by atoms with Crippen LogP contribution in [0.2, 0.25) is 0 Å². The van der Waals surface area contributed by atoms with Gasteiger partial charge in [0.15, 0.2) is 11.5 Å². The molecule has 1 aromatic rings. The SMILES string of the molecule is CCOc1c(OC)ccc(Br)c1CNCCC(C)C. The summed E-state index contributed by atoms with van der Waals surface area (Å²) in [7, 11) is 1.67. The second kappa shape index (κ2) is 8.43. The zero-order valence-corrected chi connectivity index (χ0v) is 13.8. The van der Waals surface area contributed by atoms with Gasteiger partial charge in [-0.25, -0.2) is 0 Å². The zero-order chi connectivity index (χ0) is 14.3. The van der Waals surface area contributed by atoms with Gasteiger partial charge in [-0.1, -0.05) is 29.8 Å². The molecule has 0 heterocycles. The molecule has 0 aliphatic rings. The summed E-state index contributed by atoms with van der Waals surface area (Å²) in [5.74, 6) is 2.33. The third kappa shape index (κ3) is 5.03. The van der Waals surface area contributed by atoms with Crippen molar-refractivity contribution in [3.05, 3.63) is 22.2 Å². The molecule has 0 fully saturated rings. The van der Waals surface area contributed by atoms with E-state index in [2.05, 4.69) is 35.1 Å². The molecular formula is C15H24BrNO2. The third-order valence-electron chi connectivity index (χ3n) is 2.88. The average Bonchev–Trinajstić information content (AvgIpc) is 2.37.